The lowest BCUT2D eigenvalue weighted by molar-refractivity contribution is -0.384. The summed E-state index contributed by atoms with van der Waals surface area (Å²) in [5.41, 5.74) is 0.116. The summed E-state index contributed by atoms with van der Waals surface area (Å²) >= 11 is 6.04. The standard InChI is InChI=1S/C20H22ClN3O5/c1-20(2,3)29-19(26)23-17(11-13-7-5-4-6-8-13)18(25)22-16-10-9-14(24(27)28)12-15(16)21/h4-10,12,17H,11H2,1-3H3,(H,22,25)(H,23,26)/t17-/m1/s1. The van der Waals surface area contributed by atoms with Crippen molar-refractivity contribution in [3.63, 3.8) is 0 Å². The van der Waals surface area contributed by atoms with Crippen molar-refractivity contribution in [2.24, 2.45) is 0 Å². The predicted octanol–water partition coefficient (Wildman–Crippen LogP) is 4.32. The highest BCUT2D eigenvalue weighted by Gasteiger charge is 2.25. The maximum absolute atomic E-state index is 12.8. The van der Waals surface area contributed by atoms with Crippen LogP contribution in [-0.4, -0.2) is 28.6 Å². The predicted molar refractivity (Wildman–Crippen MR) is 110 cm³/mol. The Kier molecular flexibility index (Phi) is 7.17. The number of nitrogens with one attached hydrogen (secondary N) is 2. The lowest BCUT2D eigenvalue weighted by Crippen LogP contribution is -2.47. The summed E-state index contributed by atoms with van der Waals surface area (Å²) in [6.45, 7) is 5.15. The molecule has 0 unspecified atom stereocenters. The summed E-state index contributed by atoms with van der Waals surface area (Å²) in [6, 6.07) is 11.9. The number of anilines is 1. The molecule has 0 saturated heterocycles. The zero-order valence-electron chi connectivity index (χ0n) is 16.3. The van der Waals surface area contributed by atoms with Gasteiger partial charge in [-0.1, -0.05) is 41.9 Å². The van der Waals surface area contributed by atoms with E-state index in [1.54, 1.807) is 20.8 Å². The summed E-state index contributed by atoms with van der Waals surface area (Å²) in [5, 5.41) is 16.0. The van der Waals surface area contributed by atoms with Crippen molar-refractivity contribution >= 4 is 35.0 Å². The zero-order chi connectivity index (χ0) is 21.6. The van der Waals surface area contributed by atoms with E-state index in [1.807, 2.05) is 30.3 Å². The van der Waals surface area contributed by atoms with Gasteiger partial charge in [-0.05, 0) is 32.4 Å². The Balaban J connectivity index is 2.19. The second-order valence-corrected chi connectivity index (χ2v) is 7.71. The average Bonchev–Trinajstić information content (AvgIpc) is 2.62. The van der Waals surface area contributed by atoms with Gasteiger partial charge in [-0.15, -0.1) is 0 Å². The van der Waals surface area contributed by atoms with E-state index in [1.165, 1.54) is 12.1 Å². The molecule has 0 aromatic heterocycles. The fourth-order valence-electron chi connectivity index (χ4n) is 2.45. The molecular formula is C20H22ClN3O5. The van der Waals surface area contributed by atoms with Crippen LogP contribution in [0.4, 0.5) is 16.2 Å². The van der Waals surface area contributed by atoms with Gasteiger partial charge in [0, 0.05) is 18.6 Å². The van der Waals surface area contributed by atoms with Crippen molar-refractivity contribution in [1.82, 2.24) is 5.32 Å². The molecule has 0 bridgehead atoms. The second-order valence-electron chi connectivity index (χ2n) is 7.30. The Morgan fingerprint density at radius 2 is 1.83 bits per heavy atom. The first-order valence-electron chi connectivity index (χ1n) is 8.83. The molecule has 29 heavy (non-hydrogen) atoms. The largest absolute Gasteiger partial charge is 0.444 e. The lowest BCUT2D eigenvalue weighted by Gasteiger charge is -2.23. The molecule has 0 fully saturated rings. The van der Waals surface area contributed by atoms with E-state index in [0.717, 1.165) is 11.6 Å². The Bertz CT molecular complexity index is 897. The summed E-state index contributed by atoms with van der Waals surface area (Å²) in [7, 11) is 0. The monoisotopic (exact) mass is 419 g/mol. The number of nitrogens with zero attached hydrogens (tertiary/aromatic N) is 1. The number of benzene rings is 2. The molecule has 0 heterocycles. The van der Waals surface area contributed by atoms with Gasteiger partial charge >= 0.3 is 6.09 Å². The summed E-state index contributed by atoms with van der Waals surface area (Å²) in [6.07, 6.45) is -0.514. The van der Waals surface area contributed by atoms with Gasteiger partial charge in [0.05, 0.1) is 15.6 Å². The number of carbonyl (C=O) groups excluding carboxylic acids is 2. The Labute approximate surface area is 173 Å². The summed E-state index contributed by atoms with van der Waals surface area (Å²) in [4.78, 5) is 35.3. The molecule has 0 saturated carbocycles. The first-order valence-corrected chi connectivity index (χ1v) is 9.21. The molecule has 0 aliphatic carbocycles. The van der Waals surface area contributed by atoms with Crippen LogP contribution in [0.15, 0.2) is 48.5 Å². The number of rotatable bonds is 6. The normalized spacial score (nSPS) is 12.0. The van der Waals surface area contributed by atoms with Gasteiger partial charge in [-0.2, -0.15) is 0 Å². The number of carbonyl (C=O) groups is 2. The third-order valence-electron chi connectivity index (χ3n) is 3.71. The van der Waals surface area contributed by atoms with Gasteiger partial charge < -0.3 is 15.4 Å². The number of nitro groups is 1. The van der Waals surface area contributed by atoms with E-state index in [0.29, 0.717) is 0 Å². The fraction of sp³-hybridized carbons (Fsp3) is 0.300. The van der Waals surface area contributed by atoms with Crippen molar-refractivity contribution in [2.75, 3.05) is 5.32 Å². The molecule has 1 atom stereocenters. The summed E-state index contributed by atoms with van der Waals surface area (Å²) < 4.78 is 5.24. The molecule has 2 aromatic carbocycles. The first-order chi connectivity index (χ1) is 13.5. The minimum Gasteiger partial charge on any atom is -0.444 e. The highest BCUT2D eigenvalue weighted by molar-refractivity contribution is 6.34. The molecule has 2 amide bonds. The van der Waals surface area contributed by atoms with Crippen molar-refractivity contribution in [3.8, 4) is 0 Å². The van der Waals surface area contributed by atoms with Crippen LogP contribution in [0.25, 0.3) is 0 Å². The molecule has 8 nitrogen and oxygen atoms in total. The zero-order valence-corrected chi connectivity index (χ0v) is 17.0. The molecule has 0 radical (unpaired) electrons. The van der Waals surface area contributed by atoms with Crippen LogP contribution < -0.4 is 10.6 Å². The van der Waals surface area contributed by atoms with Crippen molar-refractivity contribution < 1.29 is 19.2 Å². The van der Waals surface area contributed by atoms with Crippen LogP contribution in [0, 0.1) is 10.1 Å². The van der Waals surface area contributed by atoms with Crippen molar-refractivity contribution in [2.45, 2.75) is 38.8 Å². The number of nitro benzene ring substituents is 1. The Morgan fingerprint density at radius 3 is 2.38 bits per heavy atom. The molecule has 2 N–H and O–H groups in total. The third kappa shape index (κ3) is 7.08. The molecule has 0 spiro atoms. The topological polar surface area (TPSA) is 111 Å². The van der Waals surface area contributed by atoms with Crippen molar-refractivity contribution in [1.29, 1.82) is 0 Å². The molecular weight excluding hydrogens is 398 g/mol. The van der Waals surface area contributed by atoms with Gasteiger partial charge in [0.15, 0.2) is 0 Å². The number of halogens is 1. The van der Waals surface area contributed by atoms with Gasteiger partial charge in [0.25, 0.3) is 5.69 Å². The summed E-state index contributed by atoms with van der Waals surface area (Å²) in [5.74, 6) is -0.532. The first kappa shape index (κ1) is 22.2. The fourth-order valence-corrected chi connectivity index (χ4v) is 2.67. The maximum Gasteiger partial charge on any atom is 0.408 e. The Morgan fingerprint density at radius 1 is 1.17 bits per heavy atom. The number of hydrogen-bond acceptors (Lipinski definition) is 5. The van der Waals surface area contributed by atoms with Crippen LogP contribution in [0.2, 0.25) is 5.02 Å². The molecule has 2 rings (SSSR count). The number of alkyl carbamates (subject to hydrolysis) is 1. The number of hydrogen-bond donors (Lipinski definition) is 2. The molecule has 9 heteroatoms. The van der Waals surface area contributed by atoms with E-state index in [4.69, 9.17) is 16.3 Å². The van der Waals surface area contributed by atoms with Gasteiger partial charge in [-0.3, -0.25) is 14.9 Å². The molecule has 0 aliphatic rings. The minimum absolute atomic E-state index is 0.0169. The average molecular weight is 420 g/mol. The number of amides is 2. The van der Waals surface area contributed by atoms with Gasteiger partial charge in [0.2, 0.25) is 5.91 Å². The number of non-ortho nitro benzene ring substituents is 1. The van der Waals surface area contributed by atoms with Gasteiger partial charge in [0.1, 0.15) is 11.6 Å². The van der Waals surface area contributed by atoms with Crippen LogP contribution >= 0.6 is 11.6 Å². The lowest BCUT2D eigenvalue weighted by atomic mass is 10.1. The van der Waals surface area contributed by atoms with Gasteiger partial charge in [-0.25, -0.2) is 4.79 Å². The molecule has 2 aromatic rings. The highest BCUT2D eigenvalue weighted by Crippen LogP contribution is 2.26. The van der Waals surface area contributed by atoms with Crippen LogP contribution in [0.5, 0.6) is 0 Å². The highest BCUT2D eigenvalue weighted by atomic mass is 35.5. The molecule has 0 aliphatic heterocycles. The smallest absolute Gasteiger partial charge is 0.408 e. The van der Waals surface area contributed by atoms with E-state index in [2.05, 4.69) is 10.6 Å². The quantitative estimate of drug-likeness (QED) is 0.535. The van der Waals surface area contributed by atoms with Crippen LogP contribution in [-0.2, 0) is 16.0 Å². The maximum atomic E-state index is 12.8. The second kappa shape index (κ2) is 9.38. The van der Waals surface area contributed by atoms with E-state index < -0.39 is 28.6 Å². The Hall–Kier alpha value is -3.13. The molecule has 154 valence electrons. The van der Waals surface area contributed by atoms with E-state index in [9.17, 15) is 19.7 Å². The van der Waals surface area contributed by atoms with E-state index in [-0.39, 0.29) is 22.8 Å². The van der Waals surface area contributed by atoms with Crippen LogP contribution in [0.1, 0.15) is 26.3 Å². The minimum atomic E-state index is -0.946. The van der Waals surface area contributed by atoms with Crippen LogP contribution in [0.3, 0.4) is 0 Å². The van der Waals surface area contributed by atoms with Crippen molar-refractivity contribution in [3.05, 3.63) is 69.2 Å². The SMILES string of the molecule is CC(C)(C)OC(=O)N[C@H](Cc1ccccc1)C(=O)Nc1ccc([N+](=O)[O-])cc1Cl. The third-order valence-corrected chi connectivity index (χ3v) is 4.02. The van der Waals surface area contributed by atoms with E-state index >= 15 is 0 Å². The number of ether oxygens (including phenoxy) is 1.